The van der Waals surface area contributed by atoms with E-state index in [1.165, 1.54) is 10.4 Å². The highest BCUT2D eigenvalue weighted by atomic mass is 35.5. The monoisotopic (exact) mass is 513 g/mol. The Morgan fingerprint density at radius 2 is 1.82 bits per heavy atom. The van der Waals surface area contributed by atoms with Crippen LogP contribution in [0.5, 0.6) is 0 Å². The van der Waals surface area contributed by atoms with Gasteiger partial charge in [0.15, 0.2) is 0 Å². The zero-order valence-electron chi connectivity index (χ0n) is 17.8. The molecule has 0 saturated carbocycles. The number of nitrogens with zero attached hydrogens (tertiary/aromatic N) is 2. The number of aromatic nitrogens is 1. The number of benzene rings is 2. The SMILES string of the molecule is O=C1CC(N(CCc2c[nH]c3ccccc23)S(=O)(=O)c2cccs2)C(=O)N1c1ccc(Cl)cc1. The van der Waals surface area contributed by atoms with Crippen LogP contribution in [0.2, 0.25) is 5.02 Å². The number of rotatable bonds is 7. The van der Waals surface area contributed by atoms with Gasteiger partial charge in [0.05, 0.1) is 12.1 Å². The van der Waals surface area contributed by atoms with E-state index in [9.17, 15) is 18.0 Å². The lowest BCUT2D eigenvalue weighted by Crippen LogP contribution is -2.46. The summed E-state index contributed by atoms with van der Waals surface area (Å²) < 4.78 is 28.5. The molecule has 1 N–H and O–H groups in total. The van der Waals surface area contributed by atoms with Crippen LogP contribution in [0.4, 0.5) is 5.69 Å². The van der Waals surface area contributed by atoms with Gasteiger partial charge >= 0.3 is 0 Å². The van der Waals surface area contributed by atoms with Gasteiger partial charge in [0.25, 0.3) is 15.9 Å². The Bertz CT molecular complexity index is 1460. The van der Waals surface area contributed by atoms with Gasteiger partial charge in [0.1, 0.15) is 10.3 Å². The van der Waals surface area contributed by atoms with Crippen molar-refractivity contribution < 1.29 is 18.0 Å². The molecule has 0 radical (unpaired) electrons. The number of anilines is 1. The molecule has 174 valence electrons. The molecule has 34 heavy (non-hydrogen) atoms. The minimum absolute atomic E-state index is 0.0558. The summed E-state index contributed by atoms with van der Waals surface area (Å²) in [6, 6.07) is 16.1. The number of imide groups is 1. The Balaban J connectivity index is 1.49. The van der Waals surface area contributed by atoms with Crippen molar-refractivity contribution in [1.29, 1.82) is 0 Å². The zero-order chi connectivity index (χ0) is 23.9. The number of para-hydroxylation sites is 1. The normalized spacial score (nSPS) is 16.8. The van der Waals surface area contributed by atoms with Gasteiger partial charge in [0.2, 0.25) is 5.91 Å². The third-order valence-corrected chi connectivity index (χ3v) is 9.42. The first kappa shape index (κ1) is 22.8. The van der Waals surface area contributed by atoms with E-state index in [1.54, 1.807) is 35.7 Å². The molecule has 1 fully saturated rings. The van der Waals surface area contributed by atoms with Gasteiger partial charge in [-0.3, -0.25) is 9.59 Å². The lowest BCUT2D eigenvalue weighted by molar-refractivity contribution is -0.122. The maximum absolute atomic E-state index is 13.6. The quantitative estimate of drug-likeness (QED) is 0.370. The minimum Gasteiger partial charge on any atom is -0.361 e. The van der Waals surface area contributed by atoms with Crippen molar-refractivity contribution in [3.63, 3.8) is 0 Å². The predicted octanol–water partition coefficient (Wildman–Crippen LogP) is 4.45. The highest BCUT2D eigenvalue weighted by molar-refractivity contribution is 7.91. The molecule has 1 unspecified atom stereocenters. The van der Waals surface area contributed by atoms with E-state index in [0.717, 1.165) is 32.7 Å². The van der Waals surface area contributed by atoms with E-state index in [1.807, 2.05) is 30.5 Å². The number of H-pyrrole nitrogens is 1. The van der Waals surface area contributed by atoms with Crippen molar-refractivity contribution in [1.82, 2.24) is 9.29 Å². The second-order valence-electron chi connectivity index (χ2n) is 7.92. The Kier molecular flexibility index (Phi) is 6.03. The number of amides is 2. The van der Waals surface area contributed by atoms with Crippen LogP contribution >= 0.6 is 22.9 Å². The molecule has 2 aromatic heterocycles. The van der Waals surface area contributed by atoms with Gasteiger partial charge in [0, 0.05) is 28.7 Å². The highest BCUT2D eigenvalue weighted by Gasteiger charge is 2.47. The molecule has 0 bridgehead atoms. The molecule has 1 atom stereocenters. The number of fused-ring (bicyclic) bond motifs is 1. The molecule has 0 aliphatic carbocycles. The third-order valence-electron chi connectivity index (χ3n) is 5.89. The molecule has 3 heterocycles. The number of halogens is 1. The first-order valence-corrected chi connectivity index (χ1v) is 13.3. The molecular formula is C24H20ClN3O4S2. The number of nitrogens with one attached hydrogen (secondary N) is 1. The van der Waals surface area contributed by atoms with Crippen LogP contribution in [0.3, 0.4) is 0 Å². The van der Waals surface area contributed by atoms with Crippen molar-refractivity contribution in [3.8, 4) is 0 Å². The van der Waals surface area contributed by atoms with Gasteiger partial charge in [-0.15, -0.1) is 11.3 Å². The fraction of sp³-hybridized carbons (Fsp3) is 0.167. The smallest absolute Gasteiger partial charge is 0.253 e. The number of sulfonamides is 1. The Hall–Kier alpha value is -2.98. The highest BCUT2D eigenvalue weighted by Crippen LogP contribution is 2.31. The molecule has 4 aromatic rings. The van der Waals surface area contributed by atoms with Crippen molar-refractivity contribution >= 4 is 61.4 Å². The van der Waals surface area contributed by atoms with Crippen molar-refractivity contribution in [2.75, 3.05) is 11.4 Å². The summed E-state index contributed by atoms with van der Waals surface area (Å²) in [5, 5.41) is 3.14. The van der Waals surface area contributed by atoms with E-state index < -0.39 is 27.9 Å². The fourth-order valence-corrected chi connectivity index (χ4v) is 7.07. The molecule has 7 nitrogen and oxygen atoms in total. The molecule has 1 aliphatic heterocycles. The first-order valence-electron chi connectivity index (χ1n) is 10.6. The predicted molar refractivity (Wildman–Crippen MR) is 133 cm³/mol. The second kappa shape index (κ2) is 8.99. The number of aromatic amines is 1. The average molecular weight is 514 g/mol. The molecule has 5 rings (SSSR count). The van der Waals surface area contributed by atoms with Crippen LogP contribution in [0.15, 0.2) is 76.4 Å². The van der Waals surface area contributed by atoms with Crippen LogP contribution in [0, 0.1) is 0 Å². The maximum atomic E-state index is 13.6. The van der Waals surface area contributed by atoms with Crippen LogP contribution < -0.4 is 4.90 Å². The lowest BCUT2D eigenvalue weighted by Gasteiger charge is -2.26. The summed E-state index contributed by atoms with van der Waals surface area (Å²) in [7, 11) is -4.00. The fourth-order valence-electron chi connectivity index (χ4n) is 4.24. The number of carbonyl (C=O) groups is 2. The van der Waals surface area contributed by atoms with E-state index in [4.69, 9.17) is 11.6 Å². The second-order valence-corrected chi connectivity index (χ2v) is 11.4. The number of hydrogen-bond donors (Lipinski definition) is 1. The summed E-state index contributed by atoms with van der Waals surface area (Å²) in [5.74, 6) is -1.01. The maximum Gasteiger partial charge on any atom is 0.253 e. The molecule has 0 spiro atoms. The summed E-state index contributed by atoms with van der Waals surface area (Å²) >= 11 is 7.02. The van der Waals surface area contributed by atoms with Crippen LogP contribution in [-0.2, 0) is 26.0 Å². The van der Waals surface area contributed by atoms with Gasteiger partial charge < -0.3 is 4.98 Å². The average Bonchev–Trinajstić information content (AvgIpc) is 3.56. The summed E-state index contributed by atoms with van der Waals surface area (Å²) in [6.45, 7) is 0.0558. The van der Waals surface area contributed by atoms with Gasteiger partial charge in [-0.2, -0.15) is 4.31 Å². The van der Waals surface area contributed by atoms with Crippen molar-refractivity contribution in [2.24, 2.45) is 0 Å². The van der Waals surface area contributed by atoms with Gasteiger partial charge in [-0.05, 0) is 53.8 Å². The van der Waals surface area contributed by atoms with E-state index >= 15 is 0 Å². The largest absolute Gasteiger partial charge is 0.361 e. The molecule has 2 aromatic carbocycles. The van der Waals surface area contributed by atoms with E-state index in [-0.39, 0.29) is 17.2 Å². The van der Waals surface area contributed by atoms with E-state index in [0.29, 0.717) is 17.1 Å². The van der Waals surface area contributed by atoms with Crippen LogP contribution in [0.25, 0.3) is 10.9 Å². The lowest BCUT2D eigenvalue weighted by atomic mass is 10.1. The van der Waals surface area contributed by atoms with E-state index in [2.05, 4.69) is 4.98 Å². The molecule has 1 saturated heterocycles. The summed E-state index contributed by atoms with van der Waals surface area (Å²) in [6.07, 6.45) is 2.01. The first-order chi connectivity index (χ1) is 16.4. The molecule has 2 amide bonds. The molecule has 1 aliphatic rings. The van der Waals surface area contributed by atoms with Crippen molar-refractivity contribution in [2.45, 2.75) is 23.1 Å². The number of hydrogen-bond acceptors (Lipinski definition) is 5. The minimum atomic E-state index is -4.00. The Labute approximate surface area is 205 Å². The zero-order valence-corrected chi connectivity index (χ0v) is 20.2. The van der Waals surface area contributed by atoms with Gasteiger partial charge in [-0.25, -0.2) is 13.3 Å². The van der Waals surface area contributed by atoms with Crippen LogP contribution in [0.1, 0.15) is 12.0 Å². The third kappa shape index (κ3) is 4.05. The summed E-state index contributed by atoms with van der Waals surface area (Å²) in [4.78, 5) is 30.5. The van der Waals surface area contributed by atoms with Crippen molar-refractivity contribution in [3.05, 3.63) is 82.8 Å². The van der Waals surface area contributed by atoms with Crippen LogP contribution in [-0.4, -0.2) is 42.1 Å². The Morgan fingerprint density at radius 1 is 1.06 bits per heavy atom. The number of thiophene rings is 1. The topological polar surface area (TPSA) is 90.5 Å². The van der Waals surface area contributed by atoms with Gasteiger partial charge in [-0.1, -0.05) is 35.9 Å². The summed E-state index contributed by atoms with van der Waals surface area (Å²) in [5.41, 5.74) is 2.26. The number of carbonyl (C=O) groups excluding carboxylic acids is 2. The standard InChI is InChI=1S/C24H20ClN3O4S2/c25-17-7-9-18(10-8-17)28-22(29)14-21(24(28)30)27(34(31,32)23-6-3-13-33-23)12-11-16-15-26-20-5-2-1-4-19(16)20/h1-10,13,15,21,26H,11-12,14H2. The molecule has 10 heteroatoms. The Morgan fingerprint density at radius 3 is 2.56 bits per heavy atom. The molecular weight excluding hydrogens is 494 g/mol.